The number of halogens is 1. The molecule has 0 aromatic rings. The molecular formula is C17H33ClO3. The van der Waals surface area contributed by atoms with E-state index in [2.05, 4.69) is 6.92 Å². The Morgan fingerprint density at radius 3 is 2.05 bits per heavy atom. The van der Waals surface area contributed by atoms with Crippen molar-refractivity contribution in [2.75, 3.05) is 45.5 Å². The zero-order valence-corrected chi connectivity index (χ0v) is 14.4. The minimum Gasteiger partial charge on any atom is -0.379 e. The maximum atomic E-state index is 6.09. The molecule has 1 atom stereocenters. The molecule has 0 radical (unpaired) electrons. The largest absolute Gasteiger partial charge is 0.379 e. The third-order valence-electron chi connectivity index (χ3n) is 4.28. The second kappa shape index (κ2) is 13.8. The molecule has 1 rings (SSSR count). The van der Waals surface area contributed by atoms with E-state index in [0.717, 1.165) is 37.9 Å². The quantitative estimate of drug-likeness (QED) is 0.353. The van der Waals surface area contributed by atoms with Gasteiger partial charge in [0.2, 0.25) is 0 Å². The first-order chi connectivity index (χ1) is 10.4. The van der Waals surface area contributed by atoms with Crippen molar-refractivity contribution >= 4 is 11.6 Å². The van der Waals surface area contributed by atoms with Gasteiger partial charge in [-0.25, -0.2) is 0 Å². The van der Waals surface area contributed by atoms with Gasteiger partial charge < -0.3 is 14.2 Å². The van der Waals surface area contributed by atoms with Crippen LogP contribution in [0.2, 0.25) is 0 Å². The van der Waals surface area contributed by atoms with Crippen LogP contribution in [0.4, 0.5) is 0 Å². The van der Waals surface area contributed by atoms with E-state index in [0.29, 0.717) is 32.3 Å². The van der Waals surface area contributed by atoms with Crippen molar-refractivity contribution < 1.29 is 14.2 Å². The summed E-state index contributed by atoms with van der Waals surface area (Å²) in [5.41, 5.74) is 0. The Labute approximate surface area is 135 Å². The van der Waals surface area contributed by atoms with Crippen LogP contribution in [0.15, 0.2) is 0 Å². The maximum Gasteiger partial charge on any atom is 0.0701 e. The second-order valence-corrected chi connectivity index (χ2v) is 6.25. The molecule has 1 aliphatic carbocycles. The van der Waals surface area contributed by atoms with Gasteiger partial charge in [-0.3, -0.25) is 0 Å². The van der Waals surface area contributed by atoms with Crippen LogP contribution in [0.3, 0.4) is 0 Å². The molecule has 1 unspecified atom stereocenters. The van der Waals surface area contributed by atoms with Crippen molar-refractivity contribution in [3.8, 4) is 0 Å². The summed E-state index contributed by atoms with van der Waals surface area (Å²) in [5, 5.41) is 0. The summed E-state index contributed by atoms with van der Waals surface area (Å²) < 4.78 is 16.5. The van der Waals surface area contributed by atoms with Crippen molar-refractivity contribution in [3.05, 3.63) is 0 Å². The molecule has 0 N–H and O–H groups in total. The number of unbranched alkanes of at least 4 members (excludes halogenated alkanes) is 1. The van der Waals surface area contributed by atoms with E-state index in [9.17, 15) is 0 Å². The molecule has 0 aromatic carbocycles. The van der Waals surface area contributed by atoms with Crippen LogP contribution in [-0.2, 0) is 14.2 Å². The molecule has 0 saturated heterocycles. The highest BCUT2D eigenvalue weighted by molar-refractivity contribution is 6.18. The molecule has 0 aliphatic heterocycles. The van der Waals surface area contributed by atoms with Crippen LogP contribution in [0.25, 0.3) is 0 Å². The molecule has 3 nitrogen and oxygen atoms in total. The van der Waals surface area contributed by atoms with Crippen LogP contribution in [0, 0.1) is 11.8 Å². The van der Waals surface area contributed by atoms with Crippen LogP contribution < -0.4 is 0 Å². The standard InChI is InChI=1S/C17H33ClO3/c1-2-3-9-19-11-13-21-14-12-20-10-8-17(15-18)16-6-4-5-7-16/h16-17H,2-15H2,1H3. The van der Waals surface area contributed by atoms with Gasteiger partial charge in [-0.05, 0) is 24.7 Å². The molecule has 0 bridgehead atoms. The van der Waals surface area contributed by atoms with Gasteiger partial charge in [0.05, 0.1) is 26.4 Å². The molecule has 21 heavy (non-hydrogen) atoms. The fraction of sp³-hybridized carbons (Fsp3) is 1.00. The Hall–Kier alpha value is 0.170. The lowest BCUT2D eigenvalue weighted by molar-refractivity contribution is 0.0112. The summed E-state index contributed by atoms with van der Waals surface area (Å²) >= 11 is 6.09. The van der Waals surface area contributed by atoms with Crippen molar-refractivity contribution in [1.82, 2.24) is 0 Å². The molecule has 4 heteroatoms. The van der Waals surface area contributed by atoms with E-state index in [1.54, 1.807) is 0 Å². The van der Waals surface area contributed by atoms with E-state index >= 15 is 0 Å². The Bertz CT molecular complexity index is 220. The Kier molecular flexibility index (Phi) is 12.6. The van der Waals surface area contributed by atoms with Gasteiger partial charge in [0, 0.05) is 19.1 Å². The van der Waals surface area contributed by atoms with Crippen LogP contribution >= 0.6 is 11.6 Å². The fourth-order valence-corrected chi connectivity index (χ4v) is 3.30. The maximum absolute atomic E-state index is 6.09. The second-order valence-electron chi connectivity index (χ2n) is 5.94. The van der Waals surface area contributed by atoms with Gasteiger partial charge in [0.1, 0.15) is 0 Å². The van der Waals surface area contributed by atoms with Gasteiger partial charge in [-0.15, -0.1) is 11.6 Å². The highest BCUT2D eigenvalue weighted by Gasteiger charge is 2.23. The molecule has 1 saturated carbocycles. The van der Waals surface area contributed by atoms with Crippen molar-refractivity contribution in [1.29, 1.82) is 0 Å². The molecule has 0 heterocycles. The van der Waals surface area contributed by atoms with Crippen LogP contribution in [0.5, 0.6) is 0 Å². The summed E-state index contributed by atoms with van der Waals surface area (Å²) in [5.74, 6) is 2.25. The number of hydrogen-bond acceptors (Lipinski definition) is 3. The van der Waals surface area contributed by atoms with E-state index < -0.39 is 0 Å². The monoisotopic (exact) mass is 320 g/mol. The number of alkyl halides is 1. The summed E-state index contributed by atoms with van der Waals surface area (Å²) in [6.07, 6.45) is 8.89. The fourth-order valence-electron chi connectivity index (χ4n) is 2.89. The lowest BCUT2D eigenvalue weighted by Crippen LogP contribution is -2.17. The summed E-state index contributed by atoms with van der Waals surface area (Å²) in [7, 11) is 0. The highest BCUT2D eigenvalue weighted by Crippen LogP contribution is 2.33. The molecule has 0 spiro atoms. The van der Waals surface area contributed by atoms with Gasteiger partial charge >= 0.3 is 0 Å². The Morgan fingerprint density at radius 2 is 1.48 bits per heavy atom. The molecule has 126 valence electrons. The van der Waals surface area contributed by atoms with Crippen molar-refractivity contribution in [3.63, 3.8) is 0 Å². The summed E-state index contributed by atoms with van der Waals surface area (Å²) in [4.78, 5) is 0. The zero-order chi connectivity index (χ0) is 15.2. The third-order valence-corrected chi connectivity index (χ3v) is 4.68. The zero-order valence-electron chi connectivity index (χ0n) is 13.7. The smallest absolute Gasteiger partial charge is 0.0701 e. The van der Waals surface area contributed by atoms with E-state index in [1.807, 2.05) is 0 Å². The first kappa shape index (κ1) is 19.2. The highest BCUT2D eigenvalue weighted by atomic mass is 35.5. The van der Waals surface area contributed by atoms with Gasteiger partial charge in [-0.2, -0.15) is 0 Å². The lowest BCUT2D eigenvalue weighted by Gasteiger charge is -2.20. The topological polar surface area (TPSA) is 27.7 Å². The van der Waals surface area contributed by atoms with E-state index in [4.69, 9.17) is 25.8 Å². The van der Waals surface area contributed by atoms with Crippen molar-refractivity contribution in [2.24, 2.45) is 11.8 Å². The Morgan fingerprint density at radius 1 is 0.905 bits per heavy atom. The third kappa shape index (κ3) is 9.72. The molecule has 1 aliphatic rings. The lowest BCUT2D eigenvalue weighted by atomic mass is 9.90. The van der Waals surface area contributed by atoms with Gasteiger partial charge in [0.15, 0.2) is 0 Å². The van der Waals surface area contributed by atoms with Gasteiger partial charge in [-0.1, -0.05) is 39.0 Å². The summed E-state index contributed by atoms with van der Waals surface area (Å²) in [6.45, 7) is 6.51. The number of rotatable bonds is 14. The first-order valence-corrected chi connectivity index (χ1v) is 9.21. The summed E-state index contributed by atoms with van der Waals surface area (Å²) in [6, 6.07) is 0. The van der Waals surface area contributed by atoms with Gasteiger partial charge in [0.25, 0.3) is 0 Å². The predicted octanol–water partition coefficient (Wildman–Crippen LogP) is 4.27. The average Bonchev–Trinajstić information content (AvgIpc) is 3.03. The van der Waals surface area contributed by atoms with E-state index in [1.165, 1.54) is 32.1 Å². The minimum atomic E-state index is 0.641. The molecular weight excluding hydrogens is 288 g/mol. The normalized spacial score (nSPS) is 17.4. The minimum absolute atomic E-state index is 0.641. The predicted molar refractivity (Wildman–Crippen MR) is 88.2 cm³/mol. The Balaban J connectivity index is 1.83. The number of hydrogen-bond donors (Lipinski definition) is 0. The number of ether oxygens (including phenoxy) is 3. The molecule has 0 amide bonds. The van der Waals surface area contributed by atoms with Crippen molar-refractivity contribution in [2.45, 2.75) is 51.9 Å². The SMILES string of the molecule is CCCCOCCOCCOCCC(CCl)C1CCCC1. The van der Waals surface area contributed by atoms with E-state index in [-0.39, 0.29) is 0 Å². The average molecular weight is 321 g/mol. The first-order valence-electron chi connectivity index (χ1n) is 8.67. The van der Waals surface area contributed by atoms with Crippen LogP contribution in [0.1, 0.15) is 51.9 Å². The molecule has 0 aromatic heterocycles. The van der Waals surface area contributed by atoms with Crippen LogP contribution in [-0.4, -0.2) is 45.5 Å². The molecule has 1 fully saturated rings.